The first-order chi connectivity index (χ1) is 24.3. The fourth-order valence-corrected chi connectivity index (χ4v) is 7.17. The summed E-state index contributed by atoms with van der Waals surface area (Å²) < 4.78 is 6.56. The van der Waals surface area contributed by atoms with E-state index in [1.165, 1.54) is 32.5 Å². The summed E-state index contributed by atoms with van der Waals surface area (Å²) in [6, 6.07) is 50.8. The van der Waals surface area contributed by atoms with Crippen molar-refractivity contribution in [3.63, 3.8) is 0 Å². The van der Waals surface area contributed by atoms with Crippen molar-refractivity contribution in [2.45, 2.75) is 0 Å². The van der Waals surface area contributed by atoms with Gasteiger partial charge in [0.1, 0.15) is 5.58 Å². The molecule has 230 valence electrons. The predicted octanol–water partition coefficient (Wildman–Crippen LogP) is 10.9. The summed E-state index contributed by atoms with van der Waals surface area (Å²) in [5.41, 5.74) is 6.87. The van der Waals surface area contributed by atoms with E-state index >= 15 is 0 Å². The van der Waals surface area contributed by atoms with Gasteiger partial charge in [0.05, 0.1) is 5.56 Å². The van der Waals surface area contributed by atoms with Gasteiger partial charge in [-0.15, -0.1) is 0 Å². The normalized spacial score (nSPS) is 12.7. The summed E-state index contributed by atoms with van der Waals surface area (Å²) >= 11 is 0. The van der Waals surface area contributed by atoms with Gasteiger partial charge in [0.15, 0.2) is 17.5 Å². The van der Waals surface area contributed by atoms with Gasteiger partial charge in [-0.05, 0) is 67.7 Å². The highest BCUT2D eigenvalue weighted by atomic mass is 16.3. The molecule has 0 fully saturated rings. The van der Waals surface area contributed by atoms with Gasteiger partial charge < -0.3 is 9.73 Å². The van der Waals surface area contributed by atoms with E-state index in [-0.39, 0.29) is 0 Å². The van der Waals surface area contributed by atoms with E-state index in [0.29, 0.717) is 24.0 Å². The minimum Gasteiger partial charge on any atom is -0.440 e. The van der Waals surface area contributed by atoms with Gasteiger partial charge in [-0.3, -0.25) is 0 Å². The van der Waals surface area contributed by atoms with E-state index in [4.69, 9.17) is 19.4 Å². The van der Waals surface area contributed by atoms with Crippen LogP contribution in [-0.4, -0.2) is 21.5 Å². The second-order valence-corrected chi connectivity index (χ2v) is 12.4. The number of nitrogens with zero attached hydrogens (tertiary/aromatic N) is 3. The third-order valence-electron chi connectivity index (χ3n) is 9.52. The van der Waals surface area contributed by atoms with Crippen molar-refractivity contribution in [2.75, 3.05) is 11.9 Å². The number of anilines is 1. The van der Waals surface area contributed by atoms with Crippen LogP contribution in [0.2, 0.25) is 0 Å². The van der Waals surface area contributed by atoms with Gasteiger partial charge in [-0.25, -0.2) is 15.0 Å². The third-order valence-corrected chi connectivity index (χ3v) is 9.52. The Kier molecular flexibility index (Phi) is 6.18. The summed E-state index contributed by atoms with van der Waals surface area (Å²) in [7, 11) is 0. The van der Waals surface area contributed by atoms with E-state index in [0.717, 1.165) is 50.1 Å². The van der Waals surface area contributed by atoms with E-state index in [1.807, 2.05) is 30.3 Å². The molecule has 0 aliphatic carbocycles. The molecule has 0 saturated heterocycles. The minimum absolute atomic E-state index is 0.599. The molecule has 1 aliphatic heterocycles. The Labute approximate surface area is 282 Å². The minimum atomic E-state index is 0.599. The molecule has 3 heterocycles. The SMILES string of the molecule is C1=C(c2nc(-c3ccccc3)nc(-c3ccc4ccccc4c3)n2)c2c(oc3cc(-c4cc5ccccc5c5ccccc45)ccc23)NC1. The van der Waals surface area contributed by atoms with E-state index in [2.05, 4.69) is 127 Å². The molecule has 0 amide bonds. The first kappa shape index (κ1) is 27.5. The summed E-state index contributed by atoms with van der Waals surface area (Å²) in [5.74, 6) is 2.61. The molecule has 1 N–H and O–H groups in total. The number of benzene rings is 7. The lowest BCUT2D eigenvalue weighted by molar-refractivity contribution is 0.627. The van der Waals surface area contributed by atoms with Gasteiger partial charge in [0, 0.05) is 28.6 Å². The van der Waals surface area contributed by atoms with E-state index in [9.17, 15) is 0 Å². The van der Waals surface area contributed by atoms with Gasteiger partial charge in [-0.2, -0.15) is 0 Å². The molecule has 49 heavy (non-hydrogen) atoms. The highest BCUT2D eigenvalue weighted by Crippen LogP contribution is 2.43. The number of aromatic nitrogens is 3. The fourth-order valence-electron chi connectivity index (χ4n) is 7.17. The molecule has 5 heteroatoms. The quantitative estimate of drug-likeness (QED) is 0.197. The van der Waals surface area contributed by atoms with Gasteiger partial charge >= 0.3 is 0 Å². The number of hydrogen-bond acceptors (Lipinski definition) is 5. The highest BCUT2D eigenvalue weighted by Gasteiger charge is 2.25. The number of nitrogens with one attached hydrogen (secondary N) is 1. The molecule has 9 aromatic rings. The smallest absolute Gasteiger partial charge is 0.202 e. The Morgan fingerprint density at radius 3 is 2.00 bits per heavy atom. The molecule has 0 bridgehead atoms. The maximum absolute atomic E-state index is 6.56. The number of furan rings is 1. The summed E-state index contributed by atoms with van der Waals surface area (Å²) in [5, 5.41) is 11.7. The molecule has 10 rings (SSSR count). The Hall–Kier alpha value is -6.59. The number of rotatable bonds is 4. The molecule has 7 aromatic carbocycles. The first-order valence-corrected chi connectivity index (χ1v) is 16.5. The fraction of sp³-hybridized carbons (Fsp3) is 0.0227. The van der Waals surface area contributed by atoms with Crippen LogP contribution in [0.15, 0.2) is 156 Å². The Morgan fingerprint density at radius 2 is 1.14 bits per heavy atom. The number of hydrogen-bond donors (Lipinski definition) is 1. The Morgan fingerprint density at radius 1 is 0.469 bits per heavy atom. The van der Waals surface area contributed by atoms with E-state index < -0.39 is 0 Å². The summed E-state index contributed by atoms with van der Waals surface area (Å²) in [6.45, 7) is 0.599. The topological polar surface area (TPSA) is 63.8 Å². The molecule has 2 aromatic heterocycles. The van der Waals surface area contributed by atoms with Crippen LogP contribution in [0.5, 0.6) is 0 Å². The van der Waals surface area contributed by atoms with Crippen LogP contribution in [0.25, 0.3) is 82.8 Å². The van der Waals surface area contributed by atoms with Crippen LogP contribution < -0.4 is 5.32 Å². The largest absolute Gasteiger partial charge is 0.440 e. The number of fused-ring (bicyclic) bond motifs is 7. The second kappa shape index (κ2) is 11.0. The van der Waals surface area contributed by atoms with Crippen LogP contribution >= 0.6 is 0 Å². The zero-order valence-electron chi connectivity index (χ0n) is 26.4. The van der Waals surface area contributed by atoms with Crippen LogP contribution in [0.1, 0.15) is 11.4 Å². The molecular formula is C44H28N4O. The molecule has 0 atom stereocenters. The average molecular weight is 629 g/mol. The van der Waals surface area contributed by atoms with Crippen molar-refractivity contribution in [3.8, 4) is 33.9 Å². The zero-order chi connectivity index (χ0) is 32.3. The molecule has 0 saturated carbocycles. The maximum Gasteiger partial charge on any atom is 0.202 e. The van der Waals surface area contributed by atoms with Crippen molar-refractivity contribution in [2.24, 2.45) is 0 Å². The molecule has 0 unspecified atom stereocenters. The van der Waals surface area contributed by atoms with Crippen LogP contribution in [-0.2, 0) is 0 Å². The maximum atomic E-state index is 6.56. The predicted molar refractivity (Wildman–Crippen MR) is 200 cm³/mol. The summed E-state index contributed by atoms with van der Waals surface area (Å²) in [6.07, 6.45) is 2.15. The molecule has 1 aliphatic rings. The van der Waals surface area contributed by atoms with Crippen LogP contribution in [0.4, 0.5) is 5.88 Å². The molecule has 5 nitrogen and oxygen atoms in total. The van der Waals surface area contributed by atoms with Crippen LogP contribution in [0.3, 0.4) is 0 Å². The lowest BCUT2D eigenvalue weighted by Gasteiger charge is -2.15. The molecule has 0 radical (unpaired) electrons. The Bertz CT molecular complexity index is 2780. The van der Waals surface area contributed by atoms with Crippen molar-refractivity contribution in [1.29, 1.82) is 0 Å². The molecular weight excluding hydrogens is 601 g/mol. The van der Waals surface area contributed by atoms with Crippen molar-refractivity contribution >= 4 is 54.7 Å². The average Bonchev–Trinajstić information content (AvgIpc) is 3.56. The summed E-state index contributed by atoms with van der Waals surface area (Å²) in [4.78, 5) is 15.2. The van der Waals surface area contributed by atoms with Crippen molar-refractivity contribution in [3.05, 3.63) is 163 Å². The van der Waals surface area contributed by atoms with Crippen molar-refractivity contribution in [1.82, 2.24) is 15.0 Å². The van der Waals surface area contributed by atoms with Crippen LogP contribution in [0, 0.1) is 0 Å². The van der Waals surface area contributed by atoms with E-state index in [1.54, 1.807) is 0 Å². The molecule has 0 spiro atoms. The standard InChI is InChI=1S/C44H28N4O/c1-2-11-28(12-3-1)41-46-42(32-19-18-27-10-4-5-13-29(27)24-32)48-43(47-41)37-22-23-45-44-40(37)36-21-20-31(26-39(36)49-44)38-25-30-14-6-7-15-33(30)34-16-8-9-17-35(34)38/h1-22,24-26,45H,23H2. The Balaban J connectivity index is 1.13. The first-order valence-electron chi connectivity index (χ1n) is 16.5. The second-order valence-electron chi connectivity index (χ2n) is 12.4. The lowest BCUT2D eigenvalue weighted by atomic mass is 9.92. The van der Waals surface area contributed by atoms with Gasteiger partial charge in [-0.1, -0.05) is 127 Å². The third kappa shape index (κ3) is 4.59. The highest BCUT2D eigenvalue weighted by molar-refractivity contribution is 6.14. The van der Waals surface area contributed by atoms with Crippen molar-refractivity contribution < 1.29 is 4.42 Å². The zero-order valence-corrected chi connectivity index (χ0v) is 26.4. The lowest BCUT2D eigenvalue weighted by Crippen LogP contribution is -2.10. The monoisotopic (exact) mass is 628 g/mol. The van der Waals surface area contributed by atoms with Gasteiger partial charge in [0.25, 0.3) is 0 Å². The van der Waals surface area contributed by atoms with Gasteiger partial charge in [0.2, 0.25) is 5.88 Å².